The zero-order valence-electron chi connectivity index (χ0n) is 11.6. The molecule has 0 saturated heterocycles. The van der Waals surface area contributed by atoms with Crippen molar-refractivity contribution in [1.29, 1.82) is 0 Å². The van der Waals surface area contributed by atoms with Crippen LogP contribution in [-0.2, 0) is 0 Å². The molecule has 1 aromatic carbocycles. The van der Waals surface area contributed by atoms with Gasteiger partial charge in [-0.25, -0.2) is 0 Å². The van der Waals surface area contributed by atoms with E-state index < -0.39 is 0 Å². The lowest BCUT2D eigenvalue weighted by molar-refractivity contribution is 0.0961. The van der Waals surface area contributed by atoms with Crippen molar-refractivity contribution < 1.29 is 4.79 Å². The van der Waals surface area contributed by atoms with Crippen LogP contribution in [0.3, 0.4) is 0 Å². The molecular weight excluding hydrogens is 302 g/mol. The van der Waals surface area contributed by atoms with Gasteiger partial charge in [0.25, 0.3) is 0 Å². The lowest BCUT2D eigenvalue weighted by Gasteiger charge is -2.21. The number of ketones is 1. The minimum absolute atomic E-state index is 0.245. The first-order chi connectivity index (χ1) is 9.22. The summed E-state index contributed by atoms with van der Waals surface area (Å²) in [5.74, 6) is 0.245. The van der Waals surface area contributed by atoms with Crippen molar-refractivity contribution in [2.75, 3.05) is 13.1 Å². The second-order valence-corrected chi connectivity index (χ2v) is 6.13. The maximum absolute atomic E-state index is 12.2. The number of benzene rings is 1. The average Bonchev–Trinajstić information content (AvgIpc) is 3.23. The quantitative estimate of drug-likeness (QED) is 0.665. The highest BCUT2D eigenvalue weighted by Crippen LogP contribution is 2.27. The molecule has 3 heteroatoms. The van der Waals surface area contributed by atoms with E-state index in [4.69, 9.17) is 0 Å². The summed E-state index contributed by atoms with van der Waals surface area (Å²) in [4.78, 5) is 14.7. The third kappa shape index (κ3) is 4.43. The molecule has 1 saturated carbocycles. The molecule has 0 aliphatic heterocycles. The molecule has 0 bridgehead atoms. The third-order valence-corrected chi connectivity index (χ3v) is 4.35. The number of halogens is 1. The fourth-order valence-electron chi connectivity index (χ4n) is 2.35. The lowest BCUT2D eigenvalue weighted by atomic mass is 10.1. The molecule has 0 N–H and O–H groups in total. The number of hydrogen-bond donors (Lipinski definition) is 0. The lowest BCUT2D eigenvalue weighted by Crippen LogP contribution is -2.29. The Bertz CT molecular complexity index is 429. The Labute approximate surface area is 124 Å². The Kier molecular flexibility index (Phi) is 5.59. The Hall–Kier alpha value is -0.670. The van der Waals surface area contributed by atoms with Gasteiger partial charge in [-0.05, 0) is 31.9 Å². The van der Waals surface area contributed by atoms with Crippen LogP contribution in [0.4, 0.5) is 0 Å². The van der Waals surface area contributed by atoms with Gasteiger partial charge in [0.05, 0.1) is 0 Å². The van der Waals surface area contributed by atoms with Crippen molar-refractivity contribution in [3.05, 3.63) is 34.3 Å². The van der Waals surface area contributed by atoms with Gasteiger partial charge < -0.3 is 0 Å². The Balaban J connectivity index is 1.86. The number of rotatable bonds is 8. The zero-order valence-corrected chi connectivity index (χ0v) is 13.2. The van der Waals surface area contributed by atoms with Crippen LogP contribution in [0.2, 0.25) is 0 Å². The molecule has 1 aromatic rings. The number of carbonyl (C=O) groups is 1. The number of hydrogen-bond acceptors (Lipinski definition) is 2. The van der Waals surface area contributed by atoms with Gasteiger partial charge in [-0.1, -0.05) is 47.5 Å². The predicted octanol–water partition coefficient (Wildman–Crippen LogP) is 4.29. The molecule has 19 heavy (non-hydrogen) atoms. The SMILES string of the molecule is CCCCN(CCC(=O)c1ccccc1Br)C1CC1. The molecule has 0 unspecified atom stereocenters. The van der Waals surface area contributed by atoms with Gasteiger partial charge in [0.15, 0.2) is 5.78 Å². The van der Waals surface area contributed by atoms with Crippen LogP contribution in [0.1, 0.15) is 49.4 Å². The fourth-order valence-corrected chi connectivity index (χ4v) is 2.85. The summed E-state index contributed by atoms with van der Waals surface area (Å²) in [6, 6.07) is 8.45. The second-order valence-electron chi connectivity index (χ2n) is 5.27. The van der Waals surface area contributed by atoms with E-state index in [1.165, 1.54) is 25.7 Å². The normalized spacial score (nSPS) is 14.9. The highest BCUT2D eigenvalue weighted by Gasteiger charge is 2.28. The van der Waals surface area contributed by atoms with Gasteiger partial charge in [-0.3, -0.25) is 9.69 Å². The monoisotopic (exact) mass is 323 g/mol. The summed E-state index contributed by atoms with van der Waals surface area (Å²) < 4.78 is 0.909. The van der Waals surface area contributed by atoms with Gasteiger partial charge in [0.2, 0.25) is 0 Å². The number of nitrogens with zero attached hydrogens (tertiary/aromatic N) is 1. The third-order valence-electron chi connectivity index (χ3n) is 3.66. The minimum atomic E-state index is 0.245. The Morgan fingerprint density at radius 3 is 2.68 bits per heavy atom. The van der Waals surface area contributed by atoms with E-state index in [1.54, 1.807) is 0 Å². The summed E-state index contributed by atoms with van der Waals surface area (Å²) in [5.41, 5.74) is 0.814. The van der Waals surface area contributed by atoms with Crippen LogP contribution in [0.5, 0.6) is 0 Å². The molecule has 1 aliphatic rings. The van der Waals surface area contributed by atoms with E-state index in [2.05, 4.69) is 27.8 Å². The molecule has 0 radical (unpaired) electrons. The van der Waals surface area contributed by atoms with Crippen LogP contribution in [0, 0.1) is 0 Å². The summed E-state index contributed by atoms with van der Waals surface area (Å²) in [7, 11) is 0. The molecule has 2 nitrogen and oxygen atoms in total. The standard InChI is InChI=1S/C16H22BrNO/c1-2-3-11-18(13-8-9-13)12-10-16(19)14-6-4-5-7-15(14)17/h4-7,13H,2-3,8-12H2,1H3. The second kappa shape index (κ2) is 7.20. The molecule has 1 aliphatic carbocycles. The highest BCUT2D eigenvalue weighted by molar-refractivity contribution is 9.10. The van der Waals surface area contributed by atoms with E-state index in [0.29, 0.717) is 6.42 Å². The summed E-state index contributed by atoms with van der Waals surface area (Å²) >= 11 is 3.45. The molecule has 1 fully saturated rings. The van der Waals surface area contributed by atoms with E-state index in [1.807, 2.05) is 24.3 Å². The molecule has 2 rings (SSSR count). The number of Topliss-reactive ketones (excluding diaryl/α,β-unsaturated/α-hetero) is 1. The first-order valence-corrected chi connectivity index (χ1v) is 8.03. The van der Waals surface area contributed by atoms with Gasteiger partial charge in [-0.2, -0.15) is 0 Å². The van der Waals surface area contributed by atoms with Crippen LogP contribution in [0.15, 0.2) is 28.7 Å². The van der Waals surface area contributed by atoms with Gasteiger partial charge in [0, 0.05) is 29.0 Å². The largest absolute Gasteiger partial charge is 0.300 e. The number of carbonyl (C=O) groups excluding carboxylic acids is 1. The topological polar surface area (TPSA) is 20.3 Å². The highest BCUT2D eigenvalue weighted by atomic mass is 79.9. The van der Waals surface area contributed by atoms with E-state index >= 15 is 0 Å². The van der Waals surface area contributed by atoms with Crippen LogP contribution < -0.4 is 0 Å². The van der Waals surface area contributed by atoms with Gasteiger partial charge >= 0.3 is 0 Å². The molecular formula is C16H22BrNO. The van der Waals surface area contributed by atoms with Crippen molar-refractivity contribution in [1.82, 2.24) is 4.90 Å². The van der Waals surface area contributed by atoms with Gasteiger partial charge in [0.1, 0.15) is 0 Å². The predicted molar refractivity (Wildman–Crippen MR) is 82.6 cm³/mol. The smallest absolute Gasteiger partial charge is 0.165 e. The van der Waals surface area contributed by atoms with Crippen molar-refractivity contribution in [3.8, 4) is 0 Å². The number of unbranched alkanes of at least 4 members (excludes halogenated alkanes) is 1. The van der Waals surface area contributed by atoms with Crippen molar-refractivity contribution in [3.63, 3.8) is 0 Å². The van der Waals surface area contributed by atoms with E-state index in [9.17, 15) is 4.79 Å². The average molecular weight is 324 g/mol. The Morgan fingerprint density at radius 1 is 1.32 bits per heavy atom. The summed E-state index contributed by atoms with van der Waals surface area (Å²) in [6.45, 7) is 4.27. The Morgan fingerprint density at radius 2 is 2.05 bits per heavy atom. The minimum Gasteiger partial charge on any atom is -0.300 e. The molecule has 0 heterocycles. The van der Waals surface area contributed by atoms with E-state index in [-0.39, 0.29) is 5.78 Å². The molecule has 0 amide bonds. The van der Waals surface area contributed by atoms with Crippen molar-refractivity contribution in [2.45, 2.75) is 45.1 Å². The maximum atomic E-state index is 12.2. The zero-order chi connectivity index (χ0) is 13.7. The summed E-state index contributed by atoms with van der Waals surface area (Å²) in [6.07, 6.45) is 5.71. The van der Waals surface area contributed by atoms with Crippen molar-refractivity contribution >= 4 is 21.7 Å². The van der Waals surface area contributed by atoms with Gasteiger partial charge in [-0.15, -0.1) is 0 Å². The molecule has 0 atom stereocenters. The molecule has 0 spiro atoms. The van der Waals surface area contributed by atoms with E-state index in [0.717, 1.165) is 29.2 Å². The fraction of sp³-hybridized carbons (Fsp3) is 0.562. The van der Waals surface area contributed by atoms with Crippen LogP contribution >= 0.6 is 15.9 Å². The van der Waals surface area contributed by atoms with Crippen molar-refractivity contribution in [2.24, 2.45) is 0 Å². The van der Waals surface area contributed by atoms with Crippen LogP contribution in [0.25, 0.3) is 0 Å². The molecule has 104 valence electrons. The summed E-state index contributed by atoms with van der Waals surface area (Å²) in [5, 5.41) is 0. The first kappa shape index (κ1) is 14.7. The van der Waals surface area contributed by atoms with Crippen LogP contribution in [-0.4, -0.2) is 29.8 Å². The first-order valence-electron chi connectivity index (χ1n) is 7.24. The molecule has 0 aromatic heterocycles. The maximum Gasteiger partial charge on any atom is 0.165 e.